The summed E-state index contributed by atoms with van der Waals surface area (Å²) in [6, 6.07) is 9.95. The number of hydrogen-bond donors (Lipinski definition) is 0. The van der Waals surface area contributed by atoms with E-state index in [4.69, 9.17) is 0 Å². The van der Waals surface area contributed by atoms with Crippen molar-refractivity contribution in [2.45, 2.75) is 32.1 Å². The number of likely N-dealkylation sites (tertiary alicyclic amines) is 1. The van der Waals surface area contributed by atoms with Crippen molar-refractivity contribution in [3.8, 4) is 5.69 Å². The molecule has 1 aromatic carbocycles. The van der Waals surface area contributed by atoms with Gasteiger partial charge in [0.05, 0.1) is 5.69 Å². The number of carbonyl (C=O) groups excluding carboxylic acids is 1. The average molecular weight is 340 g/mol. The lowest BCUT2D eigenvalue weighted by atomic mass is 9.93. The quantitative estimate of drug-likeness (QED) is 0.850. The van der Waals surface area contributed by atoms with Gasteiger partial charge in [-0.05, 0) is 54.2 Å². The highest BCUT2D eigenvalue weighted by atomic mass is 16.2. The molecule has 0 bridgehead atoms. The van der Waals surface area contributed by atoms with Crippen LogP contribution in [0.2, 0.25) is 0 Å². The van der Waals surface area contributed by atoms with Crippen LogP contribution in [-0.2, 0) is 4.79 Å². The van der Waals surface area contributed by atoms with Gasteiger partial charge >= 0.3 is 0 Å². The molecular formula is C18H24N6O. The van der Waals surface area contributed by atoms with Gasteiger partial charge in [0.1, 0.15) is 0 Å². The number of benzene rings is 1. The van der Waals surface area contributed by atoms with Crippen molar-refractivity contribution in [2.75, 3.05) is 31.1 Å². The fourth-order valence-corrected chi connectivity index (χ4v) is 3.80. The zero-order valence-electron chi connectivity index (χ0n) is 14.4. The summed E-state index contributed by atoms with van der Waals surface area (Å²) >= 11 is 0. The number of amides is 1. The first-order chi connectivity index (χ1) is 12.3. The van der Waals surface area contributed by atoms with Crippen molar-refractivity contribution in [3.05, 3.63) is 30.3 Å². The molecule has 2 fully saturated rings. The Bertz CT molecular complexity index is 701. The molecule has 0 unspecified atom stereocenters. The van der Waals surface area contributed by atoms with Crippen LogP contribution in [0.1, 0.15) is 32.1 Å². The van der Waals surface area contributed by atoms with E-state index in [1.165, 1.54) is 0 Å². The maximum absolute atomic E-state index is 12.3. The molecule has 0 atom stereocenters. The van der Waals surface area contributed by atoms with Gasteiger partial charge in [-0.25, -0.2) is 0 Å². The Morgan fingerprint density at radius 1 is 1.04 bits per heavy atom. The third-order valence-electron chi connectivity index (χ3n) is 5.27. The van der Waals surface area contributed by atoms with Crippen LogP contribution < -0.4 is 4.90 Å². The van der Waals surface area contributed by atoms with Gasteiger partial charge in [-0.15, -0.1) is 0 Å². The lowest BCUT2D eigenvalue weighted by Gasteiger charge is -2.32. The predicted molar refractivity (Wildman–Crippen MR) is 94.5 cm³/mol. The predicted octanol–water partition coefficient (Wildman–Crippen LogP) is 1.89. The Kier molecular flexibility index (Phi) is 4.63. The molecule has 2 aliphatic heterocycles. The highest BCUT2D eigenvalue weighted by Crippen LogP contribution is 2.26. The summed E-state index contributed by atoms with van der Waals surface area (Å²) in [7, 11) is 0. The van der Waals surface area contributed by atoms with Crippen LogP contribution in [0, 0.1) is 5.92 Å². The topological polar surface area (TPSA) is 67.2 Å². The second-order valence-electron chi connectivity index (χ2n) is 6.95. The summed E-state index contributed by atoms with van der Waals surface area (Å²) in [4.78, 5) is 16.6. The zero-order valence-corrected chi connectivity index (χ0v) is 14.4. The Morgan fingerprint density at radius 2 is 1.76 bits per heavy atom. The average Bonchev–Trinajstić information content (AvgIpc) is 3.35. The first kappa shape index (κ1) is 16.1. The molecule has 0 N–H and O–H groups in total. The third-order valence-corrected chi connectivity index (χ3v) is 5.27. The van der Waals surface area contributed by atoms with Gasteiger partial charge < -0.3 is 9.80 Å². The van der Waals surface area contributed by atoms with Gasteiger partial charge in [-0.3, -0.25) is 4.79 Å². The summed E-state index contributed by atoms with van der Waals surface area (Å²) < 4.78 is 1.79. The summed E-state index contributed by atoms with van der Waals surface area (Å²) in [5.74, 6) is 1.60. The molecule has 2 saturated heterocycles. The van der Waals surface area contributed by atoms with Crippen molar-refractivity contribution in [1.29, 1.82) is 0 Å². The molecule has 0 radical (unpaired) electrons. The molecule has 1 amide bonds. The summed E-state index contributed by atoms with van der Waals surface area (Å²) in [6.45, 7) is 3.68. The van der Waals surface area contributed by atoms with Crippen molar-refractivity contribution >= 4 is 11.9 Å². The monoisotopic (exact) mass is 340 g/mol. The third kappa shape index (κ3) is 3.50. The molecule has 4 rings (SSSR count). The number of nitrogens with zero attached hydrogens (tertiary/aromatic N) is 6. The molecule has 132 valence electrons. The molecule has 7 nitrogen and oxygen atoms in total. The van der Waals surface area contributed by atoms with Gasteiger partial charge in [0.2, 0.25) is 11.9 Å². The first-order valence-corrected chi connectivity index (χ1v) is 9.18. The second kappa shape index (κ2) is 7.21. The van der Waals surface area contributed by atoms with Gasteiger partial charge in [-0.1, -0.05) is 23.3 Å². The second-order valence-corrected chi connectivity index (χ2v) is 6.95. The molecule has 0 aliphatic carbocycles. The standard InChI is InChI=1S/C18H24N6O/c25-17(22-10-4-5-11-22)14-15-8-12-23(13-9-15)18-19-20-21-24(18)16-6-2-1-3-7-16/h1-3,6-7,15H,4-5,8-14H2. The number of para-hydroxylation sites is 1. The minimum Gasteiger partial charge on any atom is -0.343 e. The van der Waals surface area contributed by atoms with E-state index in [9.17, 15) is 4.79 Å². The molecule has 1 aromatic heterocycles. The van der Waals surface area contributed by atoms with Crippen molar-refractivity contribution < 1.29 is 4.79 Å². The van der Waals surface area contributed by atoms with Crippen molar-refractivity contribution in [1.82, 2.24) is 25.1 Å². The summed E-state index contributed by atoms with van der Waals surface area (Å²) in [6.07, 6.45) is 5.04. The zero-order chi connectivity index (χ0) is 17.1. The molecule has 7 heteroatoms. The number of tetrazole rings is 1. The Labute approximate surface area is 147 Å². The summed E-state index contributed by atoms with van der Waals surface area (Å²) in [5, 5.41) is 12.2. The van der Waals surface area contributed by atoms with E-state index in [1.807, 2.05) is 35.2 Å². The fraction of sp³-hybridized carbons (Fsp3) is 0.556. The van der Waals surface area contributed by atoms with Crippen molar-refractivity contribution in [2.24, 2.45) is 5.92 Å². The maximum Gasteiger partial charge on any atom is 0.250 e. The smallest absolute Gasteiger partial charge is 0.250 e. The summed E-state index contributed by atoms with van der Waals surface area (Å²) in [5.41, 5.74) is 0.967. The highest BCUT2D eigenvalue weighted by Gasteiger charge is 2.27. The van der Waals surface area contributed by atoms with Gasteiger partial charge in [0, 0.05) is 32.6 Å². The highest BCUT2D eigenvalue weighted by molar-refractivity contribution is 5.76. The van der Waals surface area contributed by atoms with E-state index in [0.717, 1.165) is 63.5 Å². The van der Waals surface area contributed by atoms with E-state index in [2.05, 4.69) is 20.4 Å². The molecule has 2 aliphatic rings. The van der Waals surface area contributed by atoms with Crippen molar-refractivity contribution in [3.63, 3.8) is 0 Å². The molecule has 3 heterocycles. The van der Waals surface area contributed by atoms with Crippen LogP contribution in [0.25, 0.3) is 5.69 Å². The minimum atomic E-state index is 0.338. The number of aromatic nitrogens is 4. The molecule has 0 spiro atoms. The number of rotatable bonds is 4. The number of piperidine rings is 1. The van der Waals surface area contributed by atoms with E-state index in [0.29, 0.717) is 18.2 Å². The van der Waals surface area contributed by atoms with Crippen LogP contribution in [-0.4, -0.2) is 57.2 Å². The van der Waals surface area contributed by atoms with Gasteiger partial charge in [0.25, 0.3) is 0 Å². The van der Waals surface area contributed by atoms with Crippen LogP contribution >= 0.6 is 0 Å². The Morgan fingerprint density at radius 3 is 2.48 bits per heavy atom. The molecule has 0 saturated carbocycles. The lowest BCUT2D eigenvalue weighted by molar-refractivity contribution is -0.131. The first-order valence-electron chi connectivity index (χ1n) is 9.18. The van der Waals surface area contributed by atoms with E-state index < -0.39 is 0 Å². The van der Waals surface area contributed by atoms with Gasteiger partial charge in [0.15, 0.2) is 0 Å². The molecule has 2 aromatic rings. The number of carbonyl (C=O) groups is 1. The number of anilines is 1. The molecule has 25 heavy (non-hydrogen) atoms. The van der Waals surface area contributed by atoms with Gasteiger partial charge in [-0.2, -0.15) is 4.68 Å². The van der Waals surface area contributed by atoms with E-state index >= 15 is 0 Å². The Balaban J connectivity index is 1.36. The fourth-order valence-electron chi connectivity index (χ4n) is 3.80. The van der Waals surface area contributed by atoms with E-state index in [-0.39, 0.29) is 0 Å². The Hall–Kier alpha value is -2.44. The van der Waals surface area contributed by atoms with Crippen LogP contribution in [0.15, 0.2) is 30.3 Å². The number of hydrogen-bond acceptors (Lipinski definition) is 5. The SMILES string of the molecule is O=C(CC1CCN(c2nnnn2-c2ccccc2)CC1)N1CCCC1. The lowest BCUT2D eigenvalue weighted by Crippen LogP contribution is -2.37. The van der Waals surface area contributed by atoms with E-state index in [1.54, 1.807) is 4.68 Å². The minimum absolute atomic E-state index is 0.338. The van der Waals surface area contributed by atoms with Crippen LogP contribution in [0.4, 0.5) is 5.95 Å². The largest absolute Gasteiger partial charge is 0.343 e. The maximum atomic E-state index is 12.3. The normalized spacial score (nSPS) is 18.7. The van der Waals surface area contributed by atoms with Crippen LogP contribution in [0.3, 0.4) is 0 Å². The molecular weight excluding hydrogens is 316 g/mol. The van der Waals surface area contributed by atoms with Crippen LogP contribution in [0.5, 0.6) is 0 Å².